The summed E-state index contributed by atoms with van der Waals surface area (Å²) in [5.41, 5.74) is 4.60. The first-order chi connectivity index (χ1) is 7.81. The highest BCUT2D eigenvalue weighted by Gasteiger charge is 2.18. The zero-order valence-electron chi connectivity index (χ0n) is 10.00. The molecule has 2 heterocycles. The second kappa shape index (κ2) is 4.19. The highest BCUT2D eigenvalue weighted by Crippen LogP contribution is 2.24. The topological polar surface area (TPSA) is 15.3 Å². The van der Waals surface area contributed by atoms with Crippen molar-refractivity contribution in [2.75, 3.05) is 20.1 Å². The molecule has 86 valence electrons. The summed E-state index contributed by atoms with van der Waals surface area (Å²) in [6, 6.07) is 7.09. The molecule has 1 atom stereocenters. The fraction of sp³-hybridized carbons (Fsp3) is 0.571. The quantitative estimate of drug-likeness (QED) is 0.810. The molecule has 16 heavy (non-hydrogen) atoms. The lowest BCUT2D eigenvalue weighted by Gasteiger charge is -2.09. The van der Waals surface area contributed by atoms with Gasteiger partial charge in [-0.2, -0.15) is 0 Å². The maximum Gasteiger partial charge on any atom is 0.0237 e. The monoisotopic (exact) mass is 216 g/mol. The van der Waals surface area contributed by atoms with Gasteiger partial charge in [0.2, 0.25) is 0 Å². The van der Waals surface area contributed by atoms with Crippen LogP contribution in [0.3, 0.4) is 0 Å². The zero-order chi connectivity index (χ0) is 11.0. The molecule has 1 unspecified atom stereocenters. The van der Waals surface area contributed by atoms with E-state index in [2.05, 4.69) is 35.5 Å². The van der Waals surface area contributed by atoms with E-state index in [0.29, 0.717) is 0 Å². The van der Waals surface area contributed by atoms with Gasteiger partial charge in [0.25, 0.3) is 0 Å². The van der Waals surface area contributed by atoms with Gasteiger partial charge < -0.3 is 5.32 Å². The summed E-state index contributed by atoms with van der Waals surface area (Å²) >= 11 is 0. The third-order valence-corrected chi connectivity index (χ3v) is 3.84. The normalized spacial score (nSPS) is 24.9. The Kier molecular flexibility index (Phi) is 2.70. The van der Waals surface area contributed by atoms with Crippen LogP contribution in [-0.2, 0) is 19.5 Å². The van der Waals surface area contributed by atoms with Gasteiger partial charge >= 0.3 is 0 Å². The number of hydrogen-bond acceptors (Lipinski definition) is 2. The number of rotatable bonds is 2. The second-order valence-electron chi connectivity index (χ2n) is 5.34. The van der Waals surface area contributed by atoms with E-state index in [-0.39, 0.29) is 0 Å². The smallest absolute Gasteiger partial charge is 0.0237 e. The van der Waals surface area contributed by atoms with Gasteiger partial charge in [-0.05, 0) is 55.6 Å². The van der Waals surface area contributed by atoms with Crippen LogP contribution in [0.25, 0.3) is 0 Å². The summed E-state index contributed by atoms with van der Waals surface area (Å²) in [5, 5.41) is 3.44. The van der Waals surface area contributed by atoms with E-state index < -0.39 is 0 Å². The molecule has 0 bridgehead atoms. The average Bonchev–Trinajstić information content (AvgIpc) is 2.85. The van der Waals surface area contributed by atoms with Gasteiger partial charge in [-0.25, -0.2) is 0 Å². The molecule has 2 aliphatic rings. The van der Waals surface area contributed by atoms with E-state index in [1.54, 1.807) is 5.56 Å². The third-order valence-electron chi connectivity index (χ3n) is 3.84. The molecule has 1 N–H and O–H groups in total. The van der Waals surface area contributed by atoms with E-state index in [0.717, 1.165) is 19.0 Å². The van der Waals surface area contributed by atoms with Crippen molar-refractivity contribution in [3.63, 3.8) is 0 Å². The van der Waals surface area contributed by atoms with Gasteiger partial charge in [0, 0.05) is 13.1 Å². The number of nitrogens with zero attached hydrogens (tertiary/aromatic N) is 1. The molecule has 0 radical (unpaired) electrons. The molecule has 3 rings (SSSR count). The second-order valence-corrected chi connectivity index (χ2v) is 5.34. The summed E-state index contributed by atoms with van der Waals surface area (Å²) in [6.45, 7) is 4.67. The number of benzene rings is 1. The minimum atomic E-state index is 0.859. The first-order valence-electron chi connectivity index (χ1n) is 6.31. The van der Waals surface area contributed by atoms with Crippen molar-refractivity contribution >= 4 is 0 Å². The van der Waals surface area contributed by atoms with Crippen molar-refractivity contribution in [3.8, 4) is 0 Å². The lowest BCUT2D eigenvalue weighted by Crippen LogP contribution is -2.10. The van der Waals surface area contributed by atoms with E-state index in [9.17, 15) is 0 Å². The molecule has 0 aromatic heterocycles. The standard InChI is InChI=1S/C14H20N2/c1-16-9-13-3-2-11(7-14(13)10-16)6-12-4-5-15-8-12/h2-3,7,12,15H,4-6,8-10H2,1H3. The van der Waals surface area contributed by atoms with Crippen LogP contribution in [0, 0.1) is 5.92 Å². The van der Waals surface area contributed by atoms with Crippen molar-refractivity contribution in [1.29, 1.82) is 0 Å². The van der Waals surface area contributed by atoms with Crippen LogP contribution in [0.2, 0.25) is 0 Å². The van der Waals surface area contributed by atoms with Crippen molar-refractivity contribution in [2.45, 2.75) is 25.9 Å². The fourth-order valence-corrected chi connectivity index (χ4v) is 2.97. The van der Waals surface area contributed by atoms with Crippen LogP contribution in [-0.4, -0.2) is 25.0 Å². The zero-order valence-corrected chi connectivity index (χ0v) is 10.00. The molecule has 2 heteroatoms. The molecule has 0 spiro atoms. The minimum Gasteiger partial charge on any atom is -0.316 e. The maximum absolute atomic E-state index is 3.44. The number of nitrogens with one attached hydrogen (secondary N) is 1. The first-order valence-corrected chi connectivity index (χ1v) is 6.31. The van der Waals surface area contributed by atoms with Crippen molar-refractivity contribution in [3.05, 3.63) is 34.9 Å². The molecule has 1 saturated heterocycles. The predicted octanol–water partition coefficient (Wildman–Crippen LogP) is 1.78. The molecule has 2 nitrogen and oxygen atoms in total. The summed E-state index contributed by atoms with van der Waals surface area (Å²) in [7, 11) is 2.20. The van der Waals surface area contributed by atoms with E-state index >= 15 is 0 Å². The molecule has 1 aromatic carbocycles. The Bertz CT molecular complexity index is 380. The molecule has 1 fully saturated rings. The summed E-state index contributed by atoms with van der Waals surface area (Å²) in [4.78, 5) is 2.38. The number of hydrogen-bond donors (Lipinski definition) is 1. The summed E-state index contributed by atoms with van der Waals surface area (Å²) < 4.78 is 0. The van der Waals surface area contributed by atoms with Gasteiger partial charge in [-0.15, -0.1) is 0 Å². The van der Waals surface area contributed by atoms with E-state index in [4.69, 9.17) is 0 Å². The van der Waals surface area contributed by atoms with Crippen molar-refractivity contribution < 1.29 is 0 Å². The molecule has 1 aromatic rings. The van der Waals surface area contributed by atoms with Crippen molar-refractivity contribution in [2.24, 2.45) is 5.92 Å². The minimum absolute atomic E-state index is 0.859. The van der Waals surface area contributed by atoms with Crippen LogP contribution < -0.4 is 5.32 Å². The predicted molar refractivity (Wildman–Crippen MR) is 66.3 cm³/mol. The van der Waals surface area contributed by atoms with Gasteiger partial charge in [0.05, 0.1) is 0 Å². The van der Waals surface area contributed by atoms with Gasteiger partial charge in [0.1, 0.15) is 0 Å². The Morgan fingerprint density at radius 2 is 2.19 bits per heavy atom. The van der Waals surface area contributed by atoms with Crippen molar-refractivity contribution in [1.82, 2.24) is 10.2 Å². The largest absolute Gasteiger partial charge is 0.316 e. The fourth-order valence-electron chi connectivity index (χ4n) is 2.97. The third kappa shape index (κ3) is 2.00. The lowest BCUT2D eigenvalue weighted by molar-refractivity contribution is 0.353. The molecule has 0 aliphatic carbocycles. The molecule has 0 saturated carbocycles. The number of fused-ring (bicyclic) bond motifs is 1. The van der Waals surface area contributed by atoms with Gasteiger partial charge in [-0.1, -0.05) is 18.2 Å². The van der Waals surface area contributed by atoms with E-state index in [1.807, 2.05) is 0 Å². The Balaban J connectivity index is 1.74. The molecular weight excluding hydrogens is 196 g/mol. The lowest BCUT2D eigenvalue weighted by atomic mass is 9.96. The highest BCUT2D eigenvalue weighted by atomic mass is 15.1. The highest BCUT2D eigenvalue weighted by molar-refractivity contribution is 5.34. The molecular formula is C14H20N2. The maximum atomic E-state index is 3.44. The summed E-state index contributed by atoms with van der Waals surface area (Å²) in [5.74, 6) is 0.859. The van der Waals surface area contributed by atoms with Crippen LogP contribution in [0.1, 0.15) is 23.1 Å². The van der Waals surface area contributed by atoms with Gasteiger partial charge in [0.15, 0.2) is 0 Å². The van der Waals surface area contributed by atoms with E-state index in [1.165, 1.54) is 37.1 Å². The first kappa shape index (κ1) is 10.3. The average molecular weight is 216 g/mol. The Hall–Kier alpha value is -0.860. The van der Waals surface area contributed by atoms with Crippen LogP contribution in [0.4, 0.5) is 0 Å². The summed E-state index contributed by atoms with van der Waals surface area (Å²) in [6.07, 6.45) is 2.60. The molecule has 0 amide bonds. The van der Waals surface area contributed by atoms with Crippen LogP contribution in [0.5, 0.6) is 0 Å². The van der Waals surface area contributed by atoms with Crippen LogP contribution in [0.15, 0.2) is 18.2 Å². The Morgan fingerprint density at radius 3 is 3.00 bits per heavy atom. The molecule has 2 aliphatic heterocycles. The van der Waals surface area contributed by atoms with Crippen LogP contribution >= 0.6 is 0 Å². The Labute approximate surface area is 97.6 Å². The SMILES string of the molecule is CN1Cc2ccc(CC3CCNC3)cc2C1. The Morgan fingerprint density at radius 1 is 1.31 bits per heavy atom. The van der Waals surface area contributed by atoms with Gasteiger partial charge in [-0.3, -0.25) is 4.90 Å².